The van der Waals surface area contributed by atoms with Crippen LogP contribution >= 0.6 is 12.4 Å². The Bertz CT molecular complexity index is 1030. The van der Waals surface area contributed by atoms with Crippen molar-refractivity contribution in [3.8, 4) is 11.5 Å². The van der Waals surface area contributed by atoms with E-state index in [1.54, 1.807) is 18.2 Å². The number of rotatable bonds is 5. The highest BCUT2D eigenvalue weighted by molar-refractivity contribution is 5.96. The highest BCUT2D eigenvalue weighted by atomic mass is 35.5. The molecule has 3 heterocycles. The Morgan fingerprint density at radius 3 is 2.74 bits per heavy atom. The quantitative estimate of drug-likeness (QED) is 0.603. The monoisotopic (exact) mass is 458 g/mol. The van der Waals surface area contributed by atoms with Crippen LogP contribution in [0.5, 0.6) is 0 Å². The second-order valence-electron chi connectivity index (χ2n) is 7.96. The number of nitrogens with zero attached hydrogens (tertiary/aromatic N) is 4. The highest BCUT2D eigenvalue weighted by Crippen LogP contribution is 2.35. The first-order chi connectivity index (χ1) is 14.2. The molecule has 31 heavy (non-hydrogen) atoms. The molecule has 0 saturated carbocycles. The standard InChI is InChI=1S/C20H25F3N6O.ClH/c1-12-10-28(2)7-6-14(12)25-15-4-3-5-16-13(15)8-17(29(16)11-20(21,22)23)19-26-18(9-24)30-27-19;/h3-5,8,12,14,25H,6-7,9-11,24H2,1-2H3;1H/t12-,14+;/m0./s1. The van der Waals surface area contributed by atoms with E-state index in [9.17, 15) is 13.2 Å². The van der Waals surface area contributed by atoms with E-state index in [0.29, 0.717) is 16.8 Å². The summed E-state index contributed by atoms with van der Waals surface area (Å²) in [6.07, 6.45) is -3.43. The van der Waals surface area contributed by atoms with Crippen LogP contribution in [0.4, 0.5) is 18.9 Å². The number of nitrogens with one attached hydrogen (secondary N) is 1. The second-order valence-corrected chi connectivity index (χ2v) is 7.96. The highest BCUT2D eigenvalue weighted by Gasteiger charge is 2.31. The molecule has 1 saturated heterocycles. The van der Waals surface area contributed by atoms with E-state index in [1.165, 1.54) is 4.57 Å². The third-order valence-corrected chi connectivity index (χ3v) is 5.60. The first-order valence-corrected chi connectivity index (χ1v) is 9.92. The lowest BCUT2D eigenvalue weighted by molar-refractivity contribution is -0.139. The molecule has 11 heteroatoms. The molecular weight excluding hydrogens is 433 g/mol. The summed E-state index contributed by atoms with van der Waals surface area (Å²) < 4.78 is 46.3. The molecule has 0 spiro atoms. The largest absolute Gasteiger partial charge is 0.406 e. The number of halogens is 4. The molecule has 7 nitrogen and oxygen atoms in total. The Kier molecular flexibility index (Phi) is 6.82. The van der Waals surface area contributed by atoms with Gasteiger partial charge in [0.15, 0.2) is 0 Å². The number of piperidine rings is 1. The summed E-state index contributed by atoms with van der Waals surface area (Å²) in [6, 6.07) is 7.28. The topological polar surface area (TPSA) is 85.1 Å². The van der Waals surface area contributed by atoms with Crippen molar-refractivity contribution < 1.29 is 17.7 Å². The van der Waals surface area contributed by atoms with E-state index in [-0.39, 0.29) is 42.4 Å². The molecule has 1 aliphatic rings. The van der Waals surface area contributed by atoms with Crippen LogP contribution in [0.15, 0.2) is 28.8 Å². The Morgan fingerprint density at radius 2 is 2.10 bits per heavy atom. The number of fused-ring (bicyclic) bond motifs is 1. The minimum absolute atomic E-state index is 0. The number of hydrogen-bond acceptors (Lipinski definition) is 6. The summed E-state index contributed by atoms with van der Waals surface area (Å²) in [5.41, 5.74) is 7.03. The van der Waals surface area contributed by atoms with Gasteiger partial charge in [-0.15, -0.1) is 12.4 Å². The number of hydrogen-bond donors (Lipinski definition) is 2. The Labute approximate surface area is 184 Å². The fourth-order valence-corrected chi connectivity index (χ4v) is 4.16. The van der Waals surface area contributed by atoms with Gasteiger partial charge in [0.25, 0.3) is 0 Å². The van der Waals surface area contributed by atoms with Crippen molar-refractivity contribution in [3.63, 3.8) is 0 Å². The zero-order chi connectivity index (χ0) is 21.5. The van der Waals surface area contributed by atoms with Gasteiger partial charge in [-0.05, 0) is 44.1 Å². The fraction of sp³-hybridized carbons (Fsp3) is 0.500. The summed E-state index contributed by atoms with van der Waals surface area (Å²) in [7, 11) is 2.09. The maximum Gasteiger partial charge on any atom is 0.406 e. The lowest BCUT2D eigenvalue weighted by Crippen LogP contribution is -2.43. The van der Waals surface area contributed by atoms with Crippen molar-refractivity contribution in [2.45, 2.75) is 38.7 Å². The van der Waals surface area contributed by atoms with Gasteiger partial charge < -0.3 is 25.0 Å². The third kappa shape index (κ3) is 4.97. The zero-order valence-corrected chi connectivity index (χ0v) is 18.1. The van der Waals surface area contributed by atoms with E-state index >= 15 is 0 Å². The molecule has 1 aromatic carbocycles. The molecule has 0 amide bonds. The molecular formula is C20H26ClF3N6O. The summed E-state index contributed by atoms with van der Waals surface area (Å²) in [5, 5.41) is 8.08. The van der Waals surface area contributed by atoms with Crippen molar-refractivity contribution in [2.75, 3.05) is 25.5 Å². The molecule has 0 aliphatic carbocycles. The van der Waals surface area contributed by atoms with Crippen LogP contribution in [0.3, 0.4) is 0 Å². The van der Waals surface area contributed by atoms with Crippen molar-refractivity contribution in [3.05, 3.63) is 30.2 Å². The first kappa shape index (κ1) is 23.4. The van der Waals surface area contributed by atoms with Crippen LogP contribution in [0.2, 0.25) is 0 Å². The molecule has 3 N–H and O–H groups in total. The Morgan fingerprint density at radius 1 is 1.32 bits per heavy atom. The second kappa shape index (κ2) is 9.05. The first-order valence-electron chi connectivity index (χ1n) is 9.92. The molecule has 170 valence electrons. The number of benzene rings is 1. The molecule has 2 atom stereocenters. The van der Waals surface area contributed by atoms with Gasteiger partial charge in [-0.3, -0.25) is 0 Å². The minimum atomic E-state index is -4.40. The predicted octanol–water partition coefficient (Wildman–Crippen LogP) is 3.89. The lowest BCUT2D eigenvalue weighted by atomic mass is 9.94. The van der Waals surface area contributed by atoms with Crippen LogP contribution in [0.25, 0.3) is 22.4 Å². The Balaban J connectivity index is 0.00000272. The van der Waals surface area contributed by atoms with Crippen molar-refractivity contribution in [1.82, 2.24) is 19.6 Å². The van der Waals surface area contributed by atoms with Gasteiger partial charge in [-0.25, -0.2) is 0 Å². The van der Waals surface area contributed by atoms with Crippen LogP contribution in [-0.4, -0.2) is 52.0 Å². The molecule has 1 aliphatic heterocycles. The number of alkyl halides is 3. The molecule has 3 aromatic rings. The molecule has 1 fully saturated rings. The maximum atomic E-state index is 13.3. The average molecular weight is 459 g/mol. The molecule has 0 radical (unpaired) electrons. The number of nitrogens with two attached hydrogens (primary N) is 1. The Hall–Kier alpha value is -2.30. The van der Waals surface area contributed by atoms with E-state index in [0.717, 1.165) is 25.2 Å². The third-order valence-electron chi connectivity index (χ3n) is 5.60. The van der Waals surface area contributed by atoms with Gasteiger partial charge in [-0.1, -0.05) is 18.1 Å². The summed E-state index contributed by atoms with van der Waals surface area (Å²) in [5.74, 6) is 0.682. The fourth-order valence-electron chi connectivity index (χ4n) is 4.16. The van der Waals surface area contributed by atoms with Gasteiger partial charge in [-0.2, -0.15) is 18.2 Å². The van der Waals surface area contributed by atoms with E-state index in [1.807, 2.05) is 6.07 Å². The average Bonchev–Trinajstić information content (AvgIpc) is 3.28. The summed E-state index contributed by atoms with van der Waals surface area (Å²) in [6.45, 7) is 3.00. The smallest absolute Gasteiger partial charge is 0.381 e. The van der Waals surface area contributed by atoms with Crippen LogP contribution in [-0.2, 0) is 13.1 Å². The summed E-state index contributed by atoms with van der Waals surface area (Å²) in [4.78, 5) is 6.42. The van der Waals surface area contributed by atoms with Crippen molar-refractivity contribution >= 4 is 29.0 Å². The van der Waals surface area contributed by atoms with E-state index in [2.05, 4.69) is 34.3 Å². The van der Waals surface area contributed by atoms with Gasteiger partial charge in [0.1, 0.15) is 6.54 Å². The maximum absolute atomic E-state index is 13.3. The minimum Gasteiger partial charge on any atom is -0.381 e. The molecule has 0 unspecified atom stereocenters. The van der Waals surface area contributed by atoms with Gasteiger partial charge in [0.2, 0.25) is 11.7 Å². The zero-order valence-electron chi connectivity index (χ0n) is 17.3. The van der Waals surface area contributed by atoms with Gasteiger partial charge >= 0.3 is 6.18 Å². The number of anilines is 1. The normalized spacial score (nSPS) is 20.1. The molecule has 0 bridgehead atoms. The van der Waals surface area contributed by atoms with Crippen LogP contribution in [0.1, 0.15) is 19.2 Å². The van der Waals surface area contributed by atoms with Gasteiger partial charge in [0, 0.05) is 23.7 Å². The van der Waals surface area contributed by atoms with Crippen molar-refractivity contribution in [2.24, 2.45) is 11.7 Å². The predicted molar refractivity (Wildman–Crippen MR) is 115 cm³/mol. The number of likely N-dealkylation sites (tertiary alicyclic amines) is 1. The van der Waals surface area contributed by atoms with E-state index < -0.39 is 12.7 Å². The van der Waals surface area contributed by atoms with Crippen LogP contribution < -0.4 is 11.1 Å². The number of aromatic nitrogens is 3. The van der Waals surface area contributed by atoms with Crippen molar-refractivity contribution in [1.29, 1.82) is 0 Å². The molecule has 2 aromatic heterocycles. The molecule has 4 rings (SSSR count). The lowest BCUT2D eigenvalue weighted by Gasteiger charge is -2.36. The SMILES string of the molecule is C[C@H]1CN(C)CC[C@H]1Nc1cccc2c1cc(-c1noc(CN)n1)n2CC(F)(F)F.Cl. The van der Waals surface area contributed by atoms with E-state index in [4.69, 9.17) is 10.3 Å². The summed E-state index contributed by atoms with van der Waals surface area (Å²) >= 11 is 0. The van der Waals surface area contributed by atoms with Crippen LogP contribution in [0, 0.1) is 5.92 Å². The van der Waals surface area contributed by atoms with Gasteiger partial charge in [0.05, 0.1) is 17.8 Å².